The Labute approximate surface area is 158 Å². The first kappa shape index (κ1) is 20.6. The molecule has 144 valence electrons. The summed E-state index contributed by atoms with van der Waals surface area (Å²) < 4.78 is 13.8. The van der Waals surface area contributed by atoms with Gasteiger partial charge in [-0.2, -0.15) is 0 Å². The average Bonchev–Trinajstić information content (AvgIpc) is 2.52. The highest BCUT2D eigenvalue weighted by molar-refractivity contribution is 6.31. The molecule has 26 heavy (non-hydrogen) atoms. The van der Waals surface area contributed by atoms with Gasteiger partial charge in [-0.3, -0.25) is 19.4 Å². The van der Waals surface area contributed by atoms with Gasteiger partial charge in [-0.05, 0) is 32.9 Å². The first-order valence-electron chi connectivity index (χ1n) is 8.63. The number of piperazine rings is 1. The Hall–Kier alpha value is -1.70. The second-order valence-corrected chi connectivity index (χ2v) is 7.91. The monoisotopic (exact) mass is 384 g/mol. The topological polar surface area (TPSA) is 64.7 Å². The fourth-order valence-corrected chi connectivity index (χ4v) is 2.93. The van der Waals surface area contributed by atoms with Crippen molar-refractivity contribution in [3.8, 4) is 0 Å². The molecule has 1 heterocycles. The fraction of sp³-hybridized carbons (Fsp3) is 0.556. The number of nitrogens with zero attached hydrogens (tertiary/aromatic N) is 2. The molecule has 1 saturated heterocycles. The third-order valence-electron chi connectivity index (χ3n) is 3.94. The van der Waals surface area contributed by atoms with Crippen molar-refractivity contribution in [1.82, 2.24) is 15.1 Å². The molecule has 0 aliphatic carbocycles. The maximum Gasteiger partial charge on any atom is 0.238 e. The number of halogens is 2. The largest absolute Gasteiger partial charge is 0.350 e. The normalized spacial score (nSPS) is 16.3. The molecule has 1 fully saturated rings. The Kier molecular flexibility index (Phi) is 6.97. The Morgan fingerprint density at radius 1 is 1.08 bits per heavy atom. The molecule has 0 aromatic heterocycles. The first-order chi connectivity index (χ1) is 12.1. The van der Waals surface area contributed by atoms with Crippen LogP contribution < -0.4 is 10.6 Å². The molecular weight excluding hydrogens is 359 g/mol. The summed E-state index contributed by atoms with van der Waals surface area (Å²) in [5.74, 6) is -0.914. The van der Waals surface area contributed by atoms with Crippen LogP contribution >= 0.6 is 11.6 Å². The molecule has 8 heteroatoms. The Morgan fingerprint density at radius 3 is 2.15 bits per heavy atom. The highest BCUT2D eigenvalue weighted by Gasteiger charge is 2.22. The van der Waals surface area contributed by atoms with Crippen molar-refractivity contribution in [3.05, 3.63) is 29.0 Å². The summed E-state index contributed by atoms with van der Waals surface area (Å²) in [5, 5.41) is 5.47. The van der Waals surface area contributed by atoms with Gasteiger partial charge in [-0.15, -0.1) is 0 Å². The molecule has 2 amide bonds. The van der Waals surface area contributed by atoms with E-state index in [0.717, 1.165) is 0 Å². The van der Waals surface area contributed by atoms with Gasteiger partial charge < -0.3 is 10.6 Å². The molecule has 2 rings (SSSR count). The van der Waals surface area contributed by atoms with Crippen LogP contribution in [0.5, 0.6) is 0 Å². The molecule has 0 spiro atoms. The van der Waals surface area contributed by atoms with Crippen molar-refractivity contribution < 1.29 is 14.0 Å². The van der Waals surface area contributed by atoms with Crippen molar-refractivity contribution in [2.75, 3.05) is 44.6 Å². The molecule has 0 atom stereocenters. The van der Waals surface area contributed by atoms with E-state index in [1.807, 2.05) is 25.7 Å². The number of rotatable bonds is 5. The molecule has 1 aromatic rings. The van der Waals surface area contributed by atoms with Gasteiger partial charge in [0.2, 0.25) is 11.8 Å². The minimum atomic E-state index is -0.628. The standard InChI is InChI=1S/C18H26ClFN4O2/c1-18(2,3)22-16(26)12-24-9-7-23(8-10-24)11-15(25)21-14-6-4-5-13(19)17(14)20/h4-6H,7-12H2,1-3H3,(H,21,25)(H,22,26). The maximum atomic E-state index is 13.8. The third kappa shape index (κ3) is 6.55. The van der Waals surface area contributed by atoms with Crippen molar-refractivity contribution in [2.24, 2.45) is 0 Å². The molecule has 1 aromatic carbocycles. The van der Waals surface area contributed by atoms with Crippen LogP contribution in [0.15, 0.2) is 18.2 Å². The Balaban J connectivity index is 1.75. The van der Waals surface area contributed by atoms with E-state index < -0.39 is 5.82 Å². The Morgan fingerprint density at radius 2 is 1.62 bits per heavy atom. The van der Waals surface area contributed by atoms with Gasteiger partial charge in [0.15, 0.2) is 5.82 Å². The van der Waals surface area contributed by atoms with E-state index in [2.05, 4.69) is 15.5 Å². The summed E-state index contributed by atoms with van der Waals surface area (Å²) in [6.07, 6.45) is 0. The molecule has 1 aliphatic rings. The highest BCUT2D eigenvalue weighted by atomic mass is 35.5. The SMILES string of the molecule is CC(C)(C)NC(=O)CN1CCN(CC(=O)Nc2cccc(Cl)c2F)CC1. The van der Waals surface area contributed by atoms with E-state index in [4.69, 9.17) is 11.6 Å². The van der Waals surface area contributed by atoms with E-state index >= 15 is 0 Å². The summed E-state index contributed by atoms with van der Waals surface area (Å²) in [4.78, 5) is 28.1. The smallest absolute Gasteiger partial charge is 0.238 e. The van der Waals surface area contributed by atoms with Crippen molar-refractivity contribution >= 4 is 29.1 Å². The molecular formula is C18H26ClFN4O2. The summed E-state index contributed by atoms with van der Waals surface area (Å²) in [6, 6.07) is 4.49. The lowest BCUT2D eigenvalue weighted by atomic mass is 10.1. The number of nitrogens with one attached hydrogen (secondary N) is 2. The van der Waals surface area contributed by atoms with Gasteiger partial charge in [0.05, 0.1) is 23.8 Å². The molecule has 2 N–H and O–H groups in total. The summed E-state index contributed by atoms with van der Waals surface area (Å²) >= 11 is 5.71. The number of hydrogen-bond acceptors (Lipinski definition) is 4. The van der Waals surface area contributed by atoms with Crippen LogP contribution in [-0.4, -0.2) is 66.4 Å². The quantitative estimate of drug-likeness (QED) is 0.814. The van der Waals surface area contributed by atoms with Crippen LogP contribution in [-0.2, 0) is 9.59 Å². The van der Waals surface area contributed by atoms with Crippen molar-refractivity contribution in [1.29, 1.82) is 0 Å². The van der Waals surface area contributed by atoms with E-state index in [9.17, 15) is 14.0 Å². The lowest BCUT2D eigenvalue weighted by molar-refractivity contribution is -0.124. The molecule has 0 radical (unpaired) electrons. The van der Waals surface area contributed by atoms with Crippen LogP contribution in [0.3, 0.4) is 0 Å². The second kappa shape index (κ2) is 8.79. The molecule has 6 nitrogen and oxygen atoms in total. The zero-order chi connectivity index (χ0) is 19.3. The van der Waals surface area contributed by atoms with E-state index in [-0.39, 0.29) is 34.6 Å². The van der Waals surface area contributed by atoms with Gasteiger partial charge in [0.1, 0.15) is 0 Å². The summed E-state index contributed by atoms with van der Waals surface area (Å²) in [6.45, 7) is 9.13. The van der Waals surface area contributed by atoms with Crippen molar-refractivity contribution in [2.45, 2.75) is 26.3 Å². The zero-order valence-corrected chi connectivity index (χ0v) is 16.2. The predicted octanol–water partition coefficient (Wildman–Crippen LogP) is 1.95. The fourth-order valence-electron chi connectivity index (χ4n) is 2.76. The summed E-state index contributed by atoms with van der Waals surface area (Å²) in [7, 11) is 0. The van der Waals surface area contributed by atoms with E-state index in [1.165, 1.54) is 12.1 Å². The minimum absolute atomic E-state index is 0.000115. The van der Waals surface area contributed by atoms with Crippen LogP contribution in [0.2, 0.25) is 5.02 Å². The zero-order valence-electron chi connectivity index (χ0n) is 15.4. The Bertz CT molecular complexity index is 655. The summed E-state index contributed by atoms with van der Waals surface area (Å²) in [5.41, 5.74) is -0.160. The van der Waals surface area contributed by atoms with Crippen LogP contribution in [0, 0.1) is 5.82 Å². The number of amides is 2. The number of hydrogen-bond donors (Lipinski definition) is 2. The number of carbonyl (C=O) groups excluding carboxylic acids is 2. The third-order valence-corrected chi connectivity index (χ3v) is 4.23. The first-order valence-corrected chi connectivity index (χ1v) is 9.01. The van der Waals surface area contributed by atoms with Crippen LogP contribution in [0.1, 0.15) is 20.8 Å². The minimum Gasteiger partial charge on any atom is -0.350 e. The average molecular weight is 385 g/mol. The van der Waals surface area contributed by atoms with Crippen LogP contribution in [0.4, 0.5) is 10.1 Å². The number of carbonyl (C=O) groups is 2. The molecule has 1 aliphatic heterocycles. The lowest BCUT2D eigenvalue weighted by Crippen LogP contribution is -2.52. The van der Waals surface area contributed by atoms with Gasteiger partial charge in [0.25, 0.3) is 0 Å². The van der Waals surface area contributed by atoms with Crippen LogP contribution in [0.25, 0.3) is 0 Å². The maximum absolute atomic E-state index is 13.8. The number of benzene rings is 1. The molecule has 0 bridgehead atoms. The second-order valence-electron chi connectivity index (χ2n) is 7.50. The van der Waals surface area contributed by atoms with Gasteiger partial charge >= 0.3 is 0 Å². The predicted molar refractivity (Wildman–Crippen MR) is 101 cm³/mol. The number of anilines is 1. The lowest BCUT2D eigenvalue weighted by Gasteiger charge is -2.34. The van der Waals surface area contributed by atoms with Gasteiger partial charge in [0, 0.05) is 31.7 Å². The highest BCUT2D eigenvalue weighted by Crippen LogP contribution is 2.21. The molecule has 0 saturated carbocycles. The van der Waals surface area contributed by atoms with E-state index in [1.54, 1.807) is 6.07 Å². The van der Waals surface area contributed by atoms with Crippen molar-refractivity contribution in [3.63, 3.8) is 0 Å². The van der Waals surface area contributed by atoms with Gasteiger partial charge in [-0.25, -0.2) is 4.39 Å². The molecule has 0 unspecified atom stereocenters. The van der Waals surface area contributed by atoms with E-state index in [0.29, 0.717) is 32.7 Å². The van der Waals surface area contributed by atoms with Gasteiger partial charge in [-0.1, -0.05) is 17.7 Å².